The fourth-order valence-corrected chi connectivity index (χ4v) is 2.83. The van der Waals surface area contributed by atoms with Gasteiger partial charge in [-0.15, -0.1) is 0 Å². The number of aliphatic hydroxyl groups excluding tert-OH is 1. The number of nitrogens with zero attached hydrogens (tertiary/aromatic N) is 3. The number of nitro benzene ring substituents is 1. The molecule has 8 heteroatoms. The van der Waals surface area contributed by atoms with Gasteiger partial charge >= 0.3 is 0 Å². The Morgan fingerprint density at radius 3 is 2.76 bits per heavy atom. The first-order valence-electron chi connectivity index (χ1n) is 6.74. The molecule has 0 saturated carbocycles. The van der Waals surface area contributed by atoms with Gasteiger partial charge < -0.3 is 10.0 Å². The fourth-order valence-electron chi connectivity index (χ4n) is 2.50. The van der Waals surface area contributed by atoms with E-state index in [1.165, 1.54) is 12.1 Å². The van der Waals surface area contributed by atoms with Gasteiger partial charge in [-0.2, -0.15) is 0 Å². The molecule has 1 saturated heterocycles. The topological polar surface area (TPSA) is 69.9 Å². The van der Waals surface area contributed by atoms with Crippen molar-refractivity contribution in [2.75, 3.05) is 44.2 Å². The van der Waals surface area contributed by atoms with Crippen LogP contribution in [0.4, 0.5) is 15.8 Å². The Hall–Kier alpha value is -1.25. The number of anilines is 1. The third-order valence-corrected chi connectivity index (χ3v) is 4.17. The van der Waals surface area contributed by atoms with E-state index in [9.17, 15) is 14.5 Å². The highest BCUT2D eigenvalue weighted by Gasteiger charge is 2.24. The number of nitro groups is 1. The minimum absolute atomic E-state index is 0.0903. The quantitative estimate of drug-likeness (QED) is 0.656. The minimum Gasteiger partial charge on any atom is -0.395 e. The highest BCUT2D eigenvalue weighted by Crippen LogP contribution is 2.33. The van der Waals surface area contributed by atoms with Crippen molar-refractivity contribution >= 4 is 27.3 Å². The summed E-state index contributed by atoms with van der Waals surface area (Å²) in [5.41, 5.74) is 0.213. The monoisotopic (exact) mass is 361 g/mol. The molecule has 1 aromatic carbocycles. The van der Waals surface area contributed by atoms with Crippen molar-refractivity contribution in [3.05, 3.63) is 32.5 Å². The van der Waals surface area contributed by atoms with Crippen LogP contribution in [0.25, 0.3) is 0 Å². The average Bonchev–Trinajstić information content (AvgIpc) is 2.67. The summed E-state index contributed by atoms with van der Waals surface area (Å²) in [5.74, 6) is -0.507. The van der Waals surface area contributed by atoms with Crippen LogP contribution in [0.2, 0.25) is 0 Å². The van der Waals surface area contributed by atoms with Crippen molar-refractivity contribution in [1.29, 1.82) is 0 Å². The largest absolute Gasteiger partial charge is 0.395 e. The number of β-amino-alcohol motifs (C(OH)–C–C–N with tert-alkyl or cyclic N) is 1. The van der Waals surface area contributed by atoms with Gasteiger partial charge in [-0.25, -0.2) is 4.39 Å². The number of hydrogen-bond acceptors (Lipinski definition) is 5. The summed E-state index contributed by atoms with van der Waals surface area (Å²) in [7, 11) is 0. The zero-order valence-electron chi connectivity index (χ0n) is 11.5. The number of rotatable bonds is 4. The first-order chi connectivity index (χ1) is 10.0. The summed E-state index contributed by atoms with van der Waals surface area (Å²) in [6, 6.07) is 2.42. The minimum atomic E-state index is -0.507. The maximum atomic E-state index is 13.7. The Kier molecular flexibility index (Phi) is 5.49. The van der Waals surface area contributed by atoms with E-state index >= 15 is 0 Å². The summed E-state index contributed by atoms with van der Waals surface area (Å²) in [6.07, 6.45) is 0.814. The molecule has 0 amide bonds. The van der Waals surface area contributed by atoms with E-state index in [-0.39, 0.29) is 16.8 Å². The molecule has 21 heavy (non-hydrogen) atoms. The van der Waals surface area contributed by atoms with Crippen LogP contribution in [-0.4, -0.2) is 54.3 Å². The van der Waals surface area contributed by atoms with Crippen LogP contribution in [0.15, 0.2) is 16.6 Å². The summed E-state index contributed by atoms with van der Waals surface area (Å²) in [5, 5.41) is 20.2. The van der Waals surface area contributed by atoms with E-state index in [1.54, 1.807) is 0 Å². The Morgan fingerprint density at radius 2 is 2.10 bits per heavy atom. The smallest absolute Gasteiger partial charge is 0.293 e. The highest BCUT2D eigenvalue weighted by atomic mass is 79.9. The van der Waals surface area contributed by atoms with E-state index in [4.69, 9.17) is 5.11 Å². The van der Waals surface area contributed by atoms with Crippen LogP contribution < -0.4 is 4.90 Å². The van der Waals surface area contributed by atoms with Gasteiger partial charge in [0, 0.05) is 38.3 Å². The van der Waals surface area contributed by atoms with E-state index in [1.807, 2.05) is 4.90 Å². The molecule has 1 aliphatic heterocycles. The van der Waals surface area contributed by atoms with Crippen LogP contribution in [0.5, 0.6) is 0 Å². The lowest BCUT2D eigenvalue weighted by molar-refractivity contribution is -0.384. The molecule has 1 fully saturated rings. The Balaban J connectivity index is 2.24. The lowest BCUT2D eigenvalue weighted by Gasteiger charge is -2.23. The molecule has 1 heterocycles. The SMILES string of the molecule is O=[N+]([O-])c1cc(Br)c(F)cc1N1CCCN(CCO)CC1. The molecule has 116 valence electrons. The fraction of sp³-hybridized carbons (Fsp3) is 0.538. The Morgan fingerprint density at radius 1 is 1.33 bits per heavy atom. The molecule has 2 rings (SSSR count). The third kappa shape index (κ3) is 3.90. The van der Waals surface area contributed by atoms with Gasteiger partial charge in [0.05, 0.1) is 16.0 Å². The number of halogens is 2. The van der Waals surface area contributed by atoms with Gasteiger partial charge in [0.2, 0.25) is 0 Å². The van der Waals surface area contributed by atoms with Crippen molar-refractivity contribution in [2.24, 2.45) is 0 Å². The van der Waals surface area contributed by atoms with Crippen molar-refractivity contribution < 1.29 is 14.4 Å². The molecule has 0 aromatic heterocycles. The molecule has 0 bridgehead atoms. The van der Waals surface area contributed by atoms with E-state index in [0.29, 0.717) is 31.9 Å². The predicted octanol–water partition coefficient (Wildman–Crippen LogP) is 2.00. The van der Waals surface area contributed by atoms with Crippen LogP contribution >= 0.6 is 15.9 Å². The number of benzene rings is 1. The lowest BCUT2D eigenvalue weighted by Crippen LogP contribution is -2.32. The molecule has 1 N–H and O–H groups in total. The maximum absolute atomic E-state index is 13.7. The third-order valence-electron chi connectivity index (χ3n) is 3.56. The first kappa shape index (κ1) is 16.1. The normalized spacial score (nSPS) is 16.8. The zero-order chi connectivity index (χ0) is 15.4. The molecule has 1 aromatic rings. The molecule has 0 unspecified atom stereocenters. The Bertz CT molecular complexity index is 530. The van der Waals surface area contributed by atoms with Gasteiger partial charge in [0.1, 0.15) is 11.5 Å². The molecule has 6 nitrogen and oxygen atoms in total. The van der Waals surface area contributed by atoms with Crippen molar-refractivity contribution in [3.8, 4) is 0 Å². The lowest BCUT2D eigenvalue weighted by atomic mass is 10.2. The Labute approximate surface area is 130 Å². The van der Waals surface area contributed by atoms with Gasteiger partial charge in [-0.05, 0) is 28.9 Å². The molecule has 0 radical (unpaired) electrons. The average molecular weight is 362 g/mol. The van der Waals surface area contributed by atoms with E-state index in [2.05, 4.69) is 20.8 Å². The standard InChI is InChI=1S/C13H17BrFN3O3/c14-10-8-13(18(20)21)12(9-11(10)15)17-3-1-2-16(4-5-17)6-7-19/h8-9,19H,1-7H2. The molecule has 0 atom stereocenters. The zero-order valence-corrected chi connectivity index (χ0v) is 13.1. The molecular weight excluding hydrogens is 345 g/mol. The highest BCUT2D eigenvalue weighted by molar-refractivity contribution is 9.10. The molecular formula is C13H17BrFN3O3. The van der Waals surface area contributed by atoms with E-state index < -0.39 is 10.7 Å². The maximum Gasteiger partial charge on any atom is 0.293 e. The second-order valence-electron chi connectivity index (χ2n) is 4.92. The van der Waals surface area contributed by atoms with Crippen molar-refractivity contribution in [2.45, 2.75) is 6.42 Å². The summed E-state index contributed by atoms with van der Waals surface area (Å²) in [6.45, 7) is 3.39. The number of aliphatic hydroxyl groups is 1. The van der Waals surface area contributed by atoms with Gasteiger partial charge in [0.15, 0.2) is 0 Å². The van der Waals surface area contributed by atoms with Crippen LogP contribution in [0.3, 0.4) is 0 Å². The molecule has 0 aliphatic carbocycles. The van der Waals surface area contributed by atoms with Crippen LogP contribution in [-0.2, 0) is 0 Å². The second kappa shape index (κ2) is 7.15. The predicted molar refractivity (Wildman–Crippen MR) is 81.1 cm³/mol. The van der Waals surface area contributed by atoms with Crippen molar-refractivity contribution in [1.82, 2.24) is 4.90 Å². The van der Waals surface area contributed by atoms with Crippen molar-refractivity contribution in [3.63, 3.8) is 0 Å². The molecule has 1 aliphatic rings. The van der Waals surface area contributed by atoms with Gasteiger partial charge in [0.25, 0.3) is 5.69 Å². The van der Waals surface area contributed by atoms with Crippen LogP contribution in [0.1, 0.15) is 6.42 Å². The van der Waals surface area contributed by atoms with E-state index in [0.717, 1.165) is 13.0 Å². The number of hydrogen-bond donors (Lipinski definition) is 1. The molecule has 0 spiro atoms. The summed E-state index contributed by atoms with van der Waals surface area (Å²) < 4.78 is 13.8. The summed E-state index contributed by atoms with van der Waals surface area (Å²) in [4.78, 5) is 14.6. The van der Waals surface area contributed by atoms with Gasteiger partial charge in [-0.1, -0.05) is 0 Å². The van der Waals surface area contributed by atoms with Crippen LogP contribution in [0, 0.1) is 15.9 Å². The first-order valence-corrected chi connectivity index (χ1v) is 7.54. The second-order valence-corrected chi connectivity index (χ2v) is 5.77. The van der Waals surface area contributed by atoms with Gasteiger partial charge in [-0.3, -0.25) is 15.0 Å². The summed E-state index contributed by atoms with van der Waals surface area (Å²) >= 11 is 2.98.